The zero-order valence-electron chi connectivity index (χ0n) is 25.2. The topological polar surface area (TPSA) is 210 Å². The molecule has 0 aliphatic heterocycles. The van der Waals surface area contributed by atoms with Crippen LogP contribution in [0.1, 0.15) is 11.1 Å². The van der Waals surface area contributed by atoms with Crippen LogP contribution < -0.4 is 20.9 Å². The molecule has 47 heavy (non-hydrogen) atoms. The highest BCUT2D eigenvalue weighted by atomic mass is 79.9. The molecule has 0 aliphatic carbocycles. The molecule has 2 aromatic carbocycles. The summed E-state index contributed by atoms with van der Waals surface area (Å²) in [5, 5.41) is 0. The Morgan fingerprint density at radius 1 is 0.702 bits per heavy atom. The highest BCUT2D eigenvalue weighted by Crippen LogP contribution is 2.25. The number of nitrogens with zero attached hydrogens (tertiary/aromatic N) is 8. The molecule has 0 atom stereocenters. The minimum absolute atomic E-state index is 0.00730. The average molecular weight is 706 g/mol. The molecule has 6 rings (SSSR count). The Morgan fingerprint density at radius 2 is 1.21 bits per heavy atom. The lowest BCUT2D eigenvalue weighted by molar-refractivity contribution is -0.143. The normalized spacial score (nSPS) is 10.7. The molecule has 0 saturated carbocycles. The minimum atomic E-state index is -0.531. The molecule has 16 nitrogen and oxygen atoms in total. The summed E-state index contributed by atoms with van der Waals surface area (Å²) in [6.07, 6.45) is 1.65. The van der Waals surface area contributed by atoms with Crippen molar-refractivity contribution in [2.24, 2.45) is 0 Å². The van der Waals surface area contributed by atoms with E-state index < -0.39 is 11.9 Å². The van der Waals surface area contributed by atoms with Crippen molar-refractivity contribution in [3.8, 4) is 12.0 Å². The van der Waals surface area contributed by atoms with Crippen molar-refractivity contribution in [3.63, 3.8) is 0 Å². The molecule has 0 unspecified atom stereocenters. The number of fused-ring (bicyclic) bond motifs is 2. The smallest absolute Gasteiger partial charge is 0.344 e. The molecule has 0 fully saturated rings. The maximum atomic E-state index is 11.2. The Morgan fingerprint density at radius 3 is 1.77 bits per heavy atom. The third kappa shape index (κ3) is 8.06. The van der Waals surface area contributed by atoms with Gasteiger partial charge < -0.3 is 35.0 Å². The van der Waals surface area contributed by atoms with Gasteiger partial charge in [0.25, 0.3) is 0 Å². The van der Waals surface area contributed by atoms with Crippen LogP contribution in [0.15, 0.2) is 71.7 Å². The summed E-state index contributed by atoms with van der Waals surface area (Å²) in [7, 11) is 2.55. The number of carbonyl (C=O) groups excluding carboxylic acids is 2. The number of nitrogens with two attached hydrogens (primary N) is 2. The van der Waals surface area contributed by atoms with E-state index in [1.165, 1.54) is 14.2 Å². The van der Waals surface area contributed by atoms with Gasteiger partial charge in [0.1, 0.15) is 0 Å². The van der Waals surface area contributed by atoms with E-state index >= 15 is 0 Å². The van der Waals surface area contributed by atoms with Crippen LogP contribution in [-0.4, -0.2) is 78.4 Å². The van der Waals surface area contributed by atoms with Crippen molar-refractivity contribution in [2.45, 2.75) is 13.1 Å². The first kappa shape index (κ1) is 32.6. The van der Waals surface area contributed by atoms with Gasteiger partial charge in [-0.15, -0.1) is 0 Å². The van der Waals surface area contributed by atoms with Gasteiger partial charge in [0.2, 0.25) is 0 Å². The van der Waals surface area contributed by atoms with Crippen LogP contribution in [0.2, 0.25) is 0 Å². The molecule has 242 valence electrons. The number of methoxy groups -OCH3 is 2. The third-order valence-corrected chi connectivity index (χ3v) is 7.10. The molecule has 0 amide bonds. The van der Waals surface area contributed by atoms with E-state index in [2.05, 4.69) is 55.3 Å². The Kier molecular flexibility index (Phi) is 10.4. The monoisotopic (exact) mass is 704 g/mol. The summed E-state index contributed by atoms with van der Waals surface area (Å²) < 4.78 is 23.7. The summed E-state index contributed by atoms with van der Waals surface area (Å²) in [6.45, 7) is 0.554. The van der Waals surface area contributed by atoms with Crippen LogP contribution in [0.4, 0.5) is 11.6 Å². The van der Waals surface area contributed by atoms with Crippen molar-refractivity contribution in [2.75, 3.05) is 38.9 Å². The molecule has 4 N–H and O–H groups in total. The van der Waals surface area contributed by atoms with Crippen LogP contribution in [-0.2, 0) is 32.2 Å². The zero-order chi connectivity index (χ0) is 33.3. The number of hydrogen-bond donors (Lipinski definition) is 2. The molecule has 0 aliphatic rings. The number of carbonyl (C=O) groups is 2. The second-order valence-electron chi connectivity index (χ2n) is 9.67. The van der Waals surface area contributed by atoms with Gasteiger partial charge in [-0.05, 0) is 27.1 Å². The highest BCUT2D eigenvalue weighted by Gasteiger charge is 2.17. The van der Waals surface area contributed by atoms with Crippen LogP contribution in [0, 0.1) is 0 Å². The number of nitrogen functional groups attached to an aromatic ring is 2. The number of halogens is 1. The van der Waals surface area contributed by atoms with Gasteiger partial charge in [-0.2, -0.15) is 19.9 Å². The molecule has 0 radical (unpaired) electrons. The van der Waals surface area contributed by atoms with E-state index in [-0.39, 0.29) is 36.9 Å². The molecule has 0 saturated heterocycles. The van der Waals surface area contributed by atoms with E-state index in [0.717, 1.165) is 11.1 Å². The summed E-state index contributed by atoms with van der Waals surface area (Å²) >= 11 is 3.41. The number of anilines is 2. The minimum Gasteiger partial charge on any atom is -0.466 e. The number of imidazole rings is 2. The van der Waals surface area contributed by atoms with E-state index in [1.807, 2.05) is 69.8 Å². The predicted molar refractivity (Wildman–Crippen MR) is 173 cm³/mol. The highest BCUT2D eigenvalue weighted by molar-refractivity contribution is 9.10. The van der Waals surface area contributed by atoms with E-state index in [1.54, 1.807) is 6.33 Å². The molecular formula is C30H29BrN10O6. The molecular weight excluding hydrogens is 676 g/mol. The number of esters is 2. The van der Waals surface area contributed by atoms with Gasteiger partial charge in [0.05, 0.1) is 33.6 Å². The van der Waals surface area contributed by atoms with Gasteiger partial charge in [0.15, 0.2) is 51.9 Å². The Balaban J connectivity index is 0.000000185. The SMILES string of the molecule is COC(=O)COc1nc(N)c2nc(Br)n(Cc3ccccc3)c2n1.COC(=O)COc1nc(N)c2ncn(Cc3ccccc3)c2n1. The van der Waals surface area contributed by atoms with E-state index in [0.29, 0.717) is 40.2 Å². The number of hydrogen-bond acceptors (Lipinski definition) is 14. The van der Waals surface area contributed by atoms with Crippen LogP contribution in [0.5, 0.6) is 12.0 Å². The lowest BCUT2D eigenvalue weighted by Crippen LogP contribution is -2.14. The largest absolute Gasteiger partial charge is 0.466 e. The summed E-state index contributed by atoms with van der Waals surface area (Å²) in [4.78, 5) is 47.5. The van der Waals surface area contributed by atoms with E-state index in [9.17, 15) is 9.59 Å². The zero-order valence-corrected chi connectivity index (χ0v) is 26.8. The molecule has 6 aromatic rings. The molecule has 0 bridgehead atoms. The van der Waals surface area contributed by atoms with Crippen LogP contribution >= 0.6 is 15.9 Å². The van der Waals surface area contributed by atoms with E-state index in [4.69, 9.17) is 20.9 Å². The Bertz CT molecular complexity index is 2000. The quantitative estimate of drug-likeness (QED) is 0.155. The maximum Gasteiger partial charge on any atom is 0.344 e. The van der Waals surface area contributed by atoms with Gasteiger partial charge in [0, 0.05) is 0 Å². The number of ether oxygens (including phenoxy) is 4. The number of benzene rings is 2. The third-order valence-electron chi connectivity index (χ3n) is 6.50. The van der Waals surface area contributed by atoms with Crippen molar-refractivity contribution in [1.29, 1.82) is 0 Å². The van der Waals surface area contributed by atoms with Gasteiger partial charge >= 0.3 is 24.0 Å². The van der Waals surface area contributed by atoms with Crippen molar-refractivity contribution in [3.05, 3.63) is 82.9 Å². The van der Waals surface area contributed by atoms with Crippen LogP contribution in [0.25, 0.3) is 22.3 Å². The van der Waals surface area contributed by atoms with Gasteiger partial charge in [-0.1, -0.05) is 60.7 Å². The fourth-order valence-corrected chi connectivity index (χ4v) is 4.69. The maximum absolute atomic E-state index is 11.2. The van der Waals surface area contributed by atoms with Crippen molar-refractivity contribution >= 4 is 61.8 Å². The molecule has 17 heteroatoms. The van der Waals surface area contributed by atoms with Crippen molar-refractivity contribution < 1.29 is 28.5 Å². The second kappa shape index (κ2) is 15.0. The first-order valence-corrected chi connectivity index (χ1v) is 14.7. The molecule has 0 spiro atoms. The summed E-state index contributed by atoms with van der Waals surface area (Å²) in [6, 6.07) is 19.7. The predicted octanol–water partition coefficient (Wildman–Crippen LogP) is 2.78. The van der Waals surface area contributed by atoms with Crippen LogP contribution in [0.3, 0.4) is 0 Å². The van der Waals surface area contributed by atoms with Crippen molar-refractivity contribution in [1.82, 2.24) is 39.0 Å². The fourth-order valence-electron chi connectivity index (χ4n) is 4.22. The number of rotatable bonds is 10. The number of aromatic nitrogens is 8. The lowest BCUT2D eigenvalue weighted by atomic mass is 10.2. The standard InChI is InChI=1S/C15H14BrN5O3.C15H15N5O3/c1-23-10(22)8-24-15-19-12(17)11-13(20-15)21(14(16)18-11)7-9-5-3-2-4-6-9;1-22-11(21)8-23-15-18-13(16)12-14(19-15)20(9-17-12)7-10-5-3-2-4-6-10/h2-6H,7-8H2,1H3,(H2,17,19,20);2-6,9H,7-8H2,1H3,(H2,16,18,19). The second-order valence-corrected chi connectivity index (χ2v) is 10.4. The lowest BCUT2D eigenvalue weighted by Gasteiger charge is -2.07. The summed E-state index contributed by atoms with van der Waals surface area (Å²) in [5.41, 5.74) is 16.0. The summed E-state index contributed by atoms with van der Waals surface area (Å²) in [5.74, 6) is -0.685. The first-order chi connectivity index (χ1) is 22.7. The molecule has 4 heterocycles. The fraction of sp³-hybridized carbons (Fsp3) is 0.200. The van der Waals surface area contributed by atoms with Gasteiger partial charge in [-0.25, -0.2) is 19.6 Å². The average Bonchev–Trinajstić information content (AvgIpc) is 3.64. The molecule has 4 aromatic heterocycles. The Hall–Kier alpha value is -5.84. The van der Waals surface area contributed by atoms with Gasteiger partial charge in [-0.3, -0.25) is 4.57 Å². The Labute approximate surface area is 275 Å². The first-order valence-electron chi connectivity index (χ1n) is 13.9.